The summed E-state index contributed by atoms with van der Waals surface area (Å²) in [5, 5.41) is 10.6. The van der Waals surface area contributed by atoms with Crippen molar-refractivity contribution in [2.24, 2.45) is 0 Å². The van der Waals surface area contributed by atoms with E-state index in [2.05, 4.69) is 35.5 Å². The molecule has 5 rings (SSSR count). The highest BCUT2D eigenvalue weighted by atomic mass is 32.2. The molecule has 0 aliphatic heterocycles. The molecule has 0 bridgehead atoms. The quantitative estimate of drug-likeness (QED) is 0.326. The van der Waals surface area contributed by atoms with Crippen molar-refractivity contribution in [3.63, 3.8) is 0 Å². The molecule has 35 heavy (non-hydrogen) atoms. The minimum atomic E-state index is -2.16. The lowest BCUT2D eigenvalue weighted by Crippen LogP contribution is -2.00. The van der Waals surface area contributed by atoms with Crippen LogP contribution < -0.4 is 5.32 Å². The molecule has 2 aromatic carbocycles. The molecule has 0 saturated heterocycles. The maximum absolute atomic E-state index is 11.0. The summed E-state index contributed by atoms with van der Waals surface area (Å²) in [6, 6.07) is 18.7. The average molecular weight is 483 g/mol. The summed E-state index contributed by atoms with van der Waals surface area (Å²) in [4.78, 5) is 17.7. The third kappa shape index (κ3) is 5.29. The topological polar surface area (TPSA) is 132 Å². The first kappa shape index (κ1) is 22.5. The van der Waals surface area contributed by atoms with Gasteiger partial charge in [0.2, 0.25) is 5.95 Å². The lowest BCUT2D eigenvalue weighted by Gasteiger charge is -2.10. The van der Waals surface area contributed by atoms with Crippen LogP contribution in [0.3, 0.4) is 0 Å². The van der Waals surface area contributed by atoms with Crippen molar-refractivity contribution in [3.8, 4) is 34.0 Å². The number of aromatic nitrogens is 6. The molecule has 1 atom stereocenters. The van der Waals surface area contributed by atoms with Crippen LogP contribution in [0.15, 0.2) is 79.3 Å². The molecule has 9 nitrogen and oxygen atoms in total. The van der Waals surface area contributed by atoms with Gasteiger partial charge in [0.15, 0.2) is 11.6 Å². The van der Waals surface area contributed by atoms with Crippen LogP contribution >= 0.6 is 0 Å². The first-order valence-corrected chi connectivity index (χ1v) is 12.0. The summed E-state index contributed by atoms with van der Waals surface area (Å²) in [6.45, 7) is 1.99. The number of hydrogen-bond donors (Lipinski definition) is 2. The van der Waals surface area contributed by atoms with Crippen LogP contribution in [-0.4, -0.2) is 38.9 Å². The van der Waals surface area contributed by atoms with Gasteiger partial charge in [-0.3, -0.25) is 14.3 Å². The van der Waals surface area contributed by atoms with Crippen LogP contribution in [0.2, 0.25) is 0 Å². The first-order chi connectivity index (χ1) is 17.0. The minimum absolute atomic E-state index is 0.0534. The van der Waals surface area contributed by atoms with Gasteiger partial charge in [0, 0.05) is 46.7 Å². The third-order valence-corrected chi connectivity index (χ3v) is 5.89. The smallest absolute Gasteiger partial charge is 0.227 e. The summed E-state index contributed by atoms with van der Waals surface area (Å²) in [5.74, 6) is 1.49. The van der Waals surface area contributed by atoms with Gasteiger partial charge >= 0.3 is 0 Å². The number of aromatic amines is 1. The van der Waals surface area contributed by atoms with Crippen LogP contribution in [0.4, 0.5) is 11.6 Å². The zero-order chi connectivity index (χ0) is 24.2. The second kappa shape index (κ2) is 9.92. The van der Waals surface area contributed by atoms with Gasteiger partial charge in [-0.1, -0.05) is 41.4 Å². The molecular weight excluding hydrogens is 462 g/mol. The molecule has 174 valence electrons. The van der Waals surface area contributed by atoms with Crippen LogP contribution in [0, 0.1) is 6.92 Å². The van der Waals surface area contributed by atoms with Gasteiger partial charge in [-0.2, -0.15) is 5.10 Å². The number of anilines is 2. The van der Waals surface area contributed by atoms with Gasteiger partial charge < -0.3 is 9.87 Å². The van der Waals surface area contributed by atoms with Crippen molar-refractivity contribution in [1.82, 2.24) is 30.1 Å². The Kier molecular flexibility index (Phi) is 6.38. The normalized spacial score (nSPS) is 11.8. The van der Waals surface area contributed by atoms with E-state index in [0.717, 1.165) is 33.6 Å². The van der Waals surface area contributed by atoms with Crippen LogP contribution in [-0.2, 0) is 16.8 Å². The first-order valence-electron chi connectivity index (χ1n) is 10.7. The van der Waals surface area contributed by atoms with Crippen molar-refractivity contribution in [2.45, 2.75) is 12.7 Å². The van der Waals surface area contributed by atoms with E-state index in [4.69, 9.17) is 0 Å². The highest BCUT2D eigenvalue weighted by Gasteiger charge is 2.11. The minimum Gasteiger partial charge on any atom is -0.772 e. The maximum Gasteiger partial charge on any atom is 0.227 e. The van der Waals surface area contributed by atoms with Gasteiger partial charge in [0.1, 0.15) is 0 Å². The fourth-order valence-electron chi connectivity index (χ4n) is 3.57. The molecule has 3 heterocycles. The fraction of sp³-hybridized carbons (Fsp3) is 0.0800. The number of rotatable bonds is 7. The second-order valence-electron chi connectivity index (χ2n) is 7.82. The van der Waals surface area contributed by atoms with E-state index >= 15 is 0 Å². The Balaban J connectivity index is 1.40. The SMILES string of the molecule is Cc1ccc(-c2nc(-c3cccc(CS(=O)[O-])c3)n[nH]2)cc1Nc1nccc(-c2cccnc2)n1. The fourth-order valence-corrected chi connectivity index (χ4v) is 4.03. The van der Waals surface area contributed by atoms with E-state index in [1.807, 2.05) is 49.4 Å². The van der Waals surface area contributed by atoms with E-state index in [1.165, 1.54) is 0 Å². The number of aryl methyl sites for hydroxylation is 1. The van der Waals surface area contributed by atoms with Crippen LogP contribution in [0.25, 0.3) is 34.0 Å². The van der Waals surface area contributed by atoms with E-state index in [9.17, 15) is 8.76 Å². The largest absolute Gasteiger partial charge is 0.772 e. The van der Waals surface area contributed by atoms with Crippen LogP contribution in [0.5, 0.6) is 0 Å². The van der Waals surface area contributed by atoms with Gasteiger partial charge in [0.05, 0.1) is 5.69 Å². The Morgan fingerprint density at radius 3 is 2.69 bits per heavy atom. The predicted octanol–water partition coefficient (Wildman–Crippen LogP) is 4.42. The molecule has 0 fully saturated rings. The molecule has 5 aromatic rings. The molecule has 2 N–H and O–H groups in total. The number of pyridine rings is 1. The summed E-state index contributed by atoms with van der Waals surface area (Å²) < 4.78 is 22.1. The monoisotopic (exact) mass is 482 g/mol. The van der Waals surface area contributed by atoms with E-state index in [0.29, 0.717) is 23.2 Å². The lowest BCUT2D eigenvalue weighted by molar-refractivity contribution is 0.536. The van der Waals surface area contributed by atoms with E-state index < -0.39 is 11.1 Å². The van der Waals surface area contributed by atoms with Crippen molar-refractivity contribution in [1.29, 1.82) is 0 Å². The van der Waals surface area contributed by atoms with Crippen LogP contribution in [0.1, 0.15) is 11.1 Å². The average Bonchev–Trinajstić information content (AvgIpc) is 3.36. The Labute approximate surface area is 204 Å². The summed E-state index contributed by atoms with van der Waals surface area (Å²) in [5.41, 5.74) is 5.78. The van der Waals surface area contributed by atoms with Gasteiger partial charge in [-0.15, -0.1) is 0 Å². The second-order valence-corrected chi connectivity index (χ2v) is 8.71. The maximum atomic E-state index is 11.0. The van der Waals surface area contributed by atoms with Crippen molar-refractivity contribution in [2.75, 3.05) is 5.32 Å². The summed E-state index contributed by atoms with van der Waals surface area (Å²) in [6.07, 6.45) is 5.19. The molecular formula is C25H20N7O2S-. The standard InChI is InChI=1S/C25H21N7O2S/c1-16-7-8-19(24-30-23(31-32-24)18-5-2-4-17(12-18)15-35(33)34)13-22(16)29-25-27-11-9-21(28-25)20-6-3-10-26-14-20/h2-14H,15H2,1H3,(H,33,34)(H,27,28,29)(H,30,31,32)/p-1. The molecule has 3 aromatic heterocycles. The Bertz CT molecular complexity index is 1500. The molecule has 1 unspecified atom stereocenters. The van der Waals surface area contributed by atoms with Gasteiger partial charge in [0.25, 0.3) is 0 Å². The number of H-pyrrole nitrogens is 1. The predicted molar refractivity (Wildman–Crippen MR) is 133 cm³/mol. The van der Waals surface area contributed by atoms with Crippen molar-refractivity contribution in [3.05, 3.63) is 90.4 Å². The molecule has 10 heteroatoms. The van der Waals surface area contributed by atoms with E-state index in [-0.39, 0.29) is 5.75 Å². The number of nitrogens with zero attached hydrogens (tertiary/aromatic N) is 5. The van der Waals surface area contributed by atoms with E-state index in [1.54, 1.807) is 36.8 Å². The number of hydrogen-bond acceptors (Lipinski definition) is 8. The van der Waals surface area contributed by atoms with Crippen molar-refractivity contribution < 1.29 is 8.76 Å². The van der Waals surface area contributed by atoms with Crippen molar-refractivity contribution >= 4 is 22.7 Å². The Morgan fingerprint density at radius 1 is 0.971 bits per heavy atom. The highest BCUT2D eigenvalue weighted by Crippen LogP contribution is 2.27. The molecule has 0 amide bonds. The summed E-state index contributed by atoms with van der Waals surface area (Å²) in [7, 11) is 0. The van der Waals surface area contributed by atoms with Gasteiger partial charge in [-0.05, 0) is 48.4 Å². The number of nitrogens with one attached hydrogen (secondary N) is 2. The molecule has 0 radical (unpaired) electrons. The zero-order valence-corrected chi connectivity index (χ0v) is 19.5. The van der Waals surface area contributed by atoms with Gasteiger partial charge in [-0.25, -0.2) is 15.0 Å². The molecule has 0 spiro atoms. The molecule has 0 aliphatic rings. The lowest BCUT2D eigenvalue weighted by atomic mass is 10.1. The zero-order valence-electron chi connectivity index (χ0n) is 18.7. The third-order valence-electron chi connectivity index (χ3n) is 5.33. The number of benzene rings is 2. The Hall–Kier alpha value is -4.28. The summed E-state index contributed by atoms with van der Waals surface area (Å²) >= 11 is -2.16. The molecule has 0 aliphatic carbocycles. The molecule has 0 saturated carbocycles. The highest BCUT2D eigenvalue weighted by molar-refractivity contribution is 7.78. The Morgan fingerprint density at radius 2 is 1.86 bits per heavy atom.